The normalized spacial score (nSPS) is 13.7. The minimum absolute atomic E-state index is 0.186. The topological polar surface area (TPSA) is 83.5 Å². The van der Waals surface area contributed by atoms with Gasteiger partial charge in [-0.25, -0.2) is 4.98 Å². The summed E-state index contributed by atoms with van der Waals surface area (Å²) in [6.07, 6.45) is 3.76. The number of carbonyl (C=O) groups is 3. The summed E-state index contributed by atoms with van der Waals surface area (Å²) in [5.41, 5.74) is 2.42. The number of nitrogens with zero attached hydrogens (tertiary/aromatic N) is 4. The van der Waals surface area contributed by atoms with Crippen LogP contribution in [0.25, 0.3) is 10.2 Å². The number of rotatable bonds is 5. The van der Waals surface area contributed by atoms with Crippen molar-refractivity contribution in [1.29, 1.82) is 0 Å². The minimum atomic E-state index is -0.280. The van der Waals surface area contributed by atoms with E-state index < -0.39 is 0 Å². The first-order valence-electron chi connectivity index (χ1n) is 10.2. The predicted octanol–water partition coefficient (Wildman–Crippen LogP) is 4.95. The van der Waals surface area contributed by atoms with Crippen LogP contribution in [-0.4, -0.2) is 27.7 Å². The van der Waals surface area contributed by atoms with E-state index in [1.54, 1.807) is 41.6 Å². The van der Waals surface area contributed by atoms with Crippen LogP contribution in [0.5, 0.6) is 0 Å². The van der Waals surface area contributed by atoms with E-state index >= 15 is 0 Å². The van der Waals surface area contributed by atoms with Gasteiger partial charge in [0.2, 0.25) is 11.8 Å². The van der Waals surface area contributed by atoms with Crippen LogP contribution in [0, 0.1) is 0 Å². The summed E-state index contributed by atoms with van der Waals surface area (Å²) in [5.74, 6) is -0.792. The zero-order chi connectivity index (χ0) is 22.9. The van der Waals surface area contributed by atoms with Crippen molar-refractivity contribution in [3.05, 3.63) is 82.6 Å². The lowest BCUT2D eigenvalue weighted by Crippen LogP contribution is -2.31. The molecule has 5 rings (SSSR count). The fourth-order valence-electron chi connectivity index (χ4n) is 3.70. The number of amides is 3. The standard InChI is InChI=1S/C24H17BrN4O3S/c25-17-6-7-19-20(12-17)33-24(27-19)28(14-15-3-2-10-26-13-15)23(32)16-4-1-5-18(11-16)29-21(30)8-9-22(29)31/h1-7,10-13H,8-9,14H2. The van der Waals surface area contributed by atoms with Gasteiger partial charge in [0.05, 0.1) is 22.4 Å². The molecule has 7 nitrogen and oxygen atoms in total. The summed E-state index contributed by atoms with van der Waals surface area (Å²) in [5, 5.41) is 0.552. The molecule has 164 valence electrons. The molecule has 0 atom stereocenters. The van der Waals surface area contributed by atoms with E-state index in [1.165, 1.54) is 11.3 Å². The molecule has 0 saturated carbocycles. The van der Waals surface area contributed by atoms with Crippen LogP contribution in [0.2, 0.25) is 0 Å². The molecule has 2 aromatic heterocycles. The molecule has 1 saturated heterocycles. The second-order valence-electron chi connectivity index (χ2n) is 7.53. The molecule has 0 bridgehead atoms. The Bertz CT molecular complexity index is 1370. The second-order valence-corrected chi connectivity index (χ2v) is 9.46. The van der Waals surface area contributed by atoms with Gasteiger partial charge in [-0.3, -0.25) is 29.2 Å². The summed E-state index contributed by atoms with van der Waals surface area (Å²) in [7, 11) is 0. The highest BCUT2D eigenvalue weighted by Crippen LogP contribution is 2.33. The van der Waals surface area contributed by atoms with Crippen molar-refractivity contribution in [2.75, 3.05) is 9.80 Å². The average molecular weight is 521 g/mol. The number of benzene rings is 2. The maximum atomic E-state index is 13.7. The first-order chi connectivity index (χ1) is 16.0. The second kappa shape index (κ2) is 8.84. The van der Waals surface area contributed by atoms with E-state index in [0.29, 0.717) is 16.4 Å². The van der Waals surface area contributed by atoms with Gasteiger partial charge in [-0.1, -0.05) is 39.4 Å². The molecule has 33 heavy (non-hydrogen) atoms. The molecule has 3 heterocycles. The van der Waals surface area contributed by atoms with Crippen LogP contribution in [0.1, 0.15) is 28.8 Å². The number of halogens is 1. The molecule has 0 unspecified atom stereocenters. The van der Waals surface area contributed by atoms with Crippen molar-refractivity contribution >= 4 is 66.0 Å². The number of hydrogen-bond acceptors (Lipinski definition) is 6. The number of pyridine rings is 1. The highest BCUT2D eigenvalue weighted by molar-refractivity contribution is 9.10. The van der Waals surface area contributed by atoms with Crippen LogP contribution < -0.4 is 9.80 Å². The summed E-state index contributed by atoms with van der Waals surface area (Å²) < 4.78 is 1.88. The van der Waals surface area contributed by atoms with Crippen molar-refractivity contribution in [2.45, 2.75) is 19.4 Å². The largest absolute Gasteiger partial charge is 0.279 e. The van der Waals surface area contributed by atoms with E-state index in [9.17, 15) is 14.4 Å². The fourth-order valence-corrected chi connectivity index (χ4v) is 5.22. The Labute approximate surface area is 201 Å². The maximum Gasteiger partial charge on any atom is 0.260 e. The van der Waals surface area contributed by atoms with Crippen LogP contribution in [0.15, 0.2) is 71.5 Å². The smallest absolute Gasteiger partial charge is 0.260 e. The van der Waals surface area contributed by atoms with E-state index in [-0.39, 0.29) is 37.1 Å². The Morgan fingerprint density at radius 1 is 1.06 bits per heavy atom. The average Bonchev–Trinajstić information content (AvgIpc) is 3.39. The molecule has 1 aliphatic rings. The van der Waals surface area contributed by atoms with E-state index in [4.69, 9.17) is 0 Å². The molecule has 0 radical (unpaired) electrons. The van der Waals surface area contributed by atoms with Gasteiger partial charge in [0.1, 0.15) is 0 Å². The van der Waals surface area contributed by atoms with Gasteiger partial charge in [-0.2, -0.15) is 0 Å². The van der Waals surface area contributed by atoms with Gasteiger partial charge in [0.15, 0.2) is 5.13 Å². The third kappa shape index (κ3) is 4.29. The molecule has 4 aromatic rings. The maximum absolute atomic E-state index is 13.7. The zero-order valence-electron chi connectivity index (χ0n) is 17.3. The van der Waals surface area contributed by atoms with Gasteiger partial charge in [0, 0.05) is 35.3 Å². The van der Waals surface area contributed by atoms with Crippen LogP contribution >= 0.6 is 27.3 Å². The molecule has 0 aliphatic carbocycles. The van der Waals surface area contributed by atoms with Crippen molar-refractivity contribution in [2.24, 2.45) is 0 Å². The third-order valence-electron chi connectivity index (χ3n) is 5.28. The van der Waals surface area contributed by atoms with Crippen molar-refractivity contribution < 1.29 is 14.4 Å². The van der Waals surface area contributed by atoms with Gasteiger partial charge < -0.3 is 0 Å². The molecule has 1 fully saturated rings. The van der Waals surface area contributed by atoms with E-state index in [2.05, 4.69) is 25.9 Å². The van der Waals surface area contributed by atoms with Crippen LogP contribution in [0.4, 0.5) is 10.8 Å². The Balaban J connectivity index is 1.54. The first-order valence-corrected chi connectivity index (χ1v) is 11.8. The Hall–Kier alpha value is -3.43. The van der Waals surface area contributed by atoms with Crippen molar-refractivity contribution in [3.8, 4) is 0 Å². The summed E-state index contributed by atoms with van der Waals surface area (Å²) in [6, 6.07) is 16.1. The molecular formula is C24H17BrN4O3S. The Kier molecular flexibility index (Phi) is 5.74. The number of carbonyl (C=O) groups excluding carboxylic acids is 3. The fraction of sp³-hybridized carbons (Fsp3) is 0.125. The van der Waals surface area contributed by atoms with E-state index in [1.807, 2.05) is 30.3 Å². The highest BCUT2D eigenvalue weighted by Gasteiger charge is 2.31. The first kappa shape index (κ1) is 21.4. The lowest BCUT2D eigenvalue weighted by molar-refractivity contribution is -0.121. The number of fused-ring (bicyclic) bond motifs is 1. The molecule has 0 spiro atoms. The monoisotopic (exact) mass is 520 g/mol. The van der Waals surface area contributed by atoms with Gasteiger partial charge >= 0.3 is 0 Å². The SMILES string of the molecule is O=C(c1cccc(N2C(=O)CCC2=O)c1)N(Cc1cccnc1)c1nc2ccc(Br)cc2s1. The van der Waals surface area contributed by atoms with Gasteiger partial charge in [-0.05, 0) is 48.0 Å². The summed E-state index contributed by atoms with van der Waals surface area (Å²) >= 11 is 4.90. The highest BCUT2D eigenvalue weighted by atomic mass is 79.9. The number of aromatic nitrogens is 2. The zero-order valence-corrected chi connectivity index (χ0v) is 19.7. The molecule has 1 aliphatic heterocycles. The molecular weight excluding hydrogens is 504 g/mol. The van der Waals surface area contributed by atoms with Crippen molar-refractivity contribution in [3.63, 3.8) is 0 Å². The lowest BCUT2D eigenvalue weighted by atomic mass is 10.1. The Morgan fingerprint density at radius 2 is 1.88 bits per heavy atom. The van der Waals surface area contributed by atoms with E-state index in [0.717, 1.165) is 25.2 Å². The third-order valence-corrected chi connectivity index (χ3v) is 6.82. The quantitative estimate of drug-likeness (QED) is 0.347. The minimum Gasteiger partial charge on any atom is -0.279 e. The van der Waals surface area contributed by atoms with Crippen molar-refractivity contribution in [1.82, 2.24) is 9.97 Å². The summed E-state index contributed by atoms with van der Waals surface area (Å²) in [4.78, 5) is 49.7. The number of hydrogen-bond donors (Lipinski definition) is 0. The van der Waals surface area contributed by atoms with Crippen LogP contribution in [-0.2, 0) is 16.1 Å². The Morgan fingerprint density at radius 3 is 2.64 bits per heavy atom. The number of thiazole rings is 1. The predicted molar refractivity (Wildman–Crippen MR) is 130 cm³/mol. The van der Waals surface area contributed by atoms with Crippen LogP contribution in [0.3, 0.4) is 0 Å². The molecule has 2 aromatic carbocycles. The molecule has 9 heteroatoms. The number of imide groups is 1. The van der Waals surface area contributed by atoms with Gasteiger partial charge in [0.25, 0.3) is 5.91 Å². The molecule has 0 N–H and O–H groups in total. The lowest BCUT2D eigenvalue weighted by Gasteiger charge is -2.21. The number of anilines is 2. The molecule has 3 amide bonds. The van der Waals surface area contributed by atoms with Gasteiger partial charge in [-0.15, -0.1) is 0 Å². The summed E-state index contributed by atoms with van der Waals surface area (Å²) in [6.45, 7) is 0.277.